The van der Waals surface area contributed by atoms with Gasteiger partial charge in [-0.1, -0.05) is 19.9 Å². The summed E-state index contributed by atoms with van der Waals surface area (Å²) in [6, 6.07) is 16.3. The van der Waals surface area contributed by atoms with Crippen molar-refractivity contribution < 1.29 is 4.39 Å². The zero-order chi connectivity index (χ0) is 18.8. The summed E-state index contributed by atoms with van der Waals surface area (Å²) in [6.45, 7) is 4.30. The molecule has 4 rings (SSSR count). The maximum Gasteiger partial charge on any atom is 0.154 e. The third-order valence-electron chi connectivity index (χ3n) is 4.52. The van der Waals surface area contributed by atoms with Crippen LogP contribution in [0.4, 0.5) is 10.1 Å². The number of aromatic nitrogens is 1. The highest BCUT2D eigenvalue weighted by Crippen LogP contribution is 2.29. The fraction of sp³-hybridized carbons (Fsp3) is 0.136. The Kier molecular flexibility index (Phi) is 4.50. The summed E-state index contributed by atoms with van der Waals surface area (Å²) >= 11 is 0. The molecule has 4 nitrogen and oxygen atoms in total. The Hall–Kier alpha value is -3.34. The lowest BCUT2D eigenvalue weighted by Gasteiger charge is -2.12. The standard InChI is InChI=1S/C22H19FN4/c1-14(2)17-5-8-20-19(13-17)21(15-3-6-18(23)7-4-15)26-27-22(25-20)16-9-11-24-12-10-16/h3-14H,1-2H3,(H,25,27). The molecule has 0 aliphatic carbocycles. The molecule has 3 aromatic rings. The summed E-state index contributed by atoms with van der Waals surface area (Å²) in [5.74, 6) is 0.753. The van der Waals surface area contributed by atoms with E-state index in [0.29, 0.717) is 11.8 Å². The van der Waals surface area contributed by atoms with Crippen molar-refractivity contribution >= 4 is 17.2 Å². The van der Waals surface area contributed by atoms with Crippen LogP contribution in [0.2, 0.25) is 0 Å². The summed E-state index contributed by atoms with van der Waals surface area (Å²) < 4.78 is 13.4. The van der Waals surface area contributed by atoms with Gasteiger partial charge in [0.2, 0.25) is 0 Å². The minimum absolute atomic E-state index is 0.272. The molecule has 0 amide bonds. The van der Waals surface area contributed by atoms with Crippen LogP contribution in [-0.2, 0) is 0 Å². The van der Waals surface area contributed by atoms with Crippen molar-refractivity contribution in [1.82, 2.24) is 10.4 Å². The number of benzene rings is 2. The van der Waals surface area contributed by atoms with Crippen LogP contribution in [0.15, 0.2) is 77.1 Å². The van der Waals surface area contributed by atoms with Crippen molar-refractivity contribution in [3.63, 3.8) is 0 Å². The van der Waals surface area contributed by atoms with Crippen LogP contribution in [0.25, 0.3) is 0 Å². The van der Waals surface area contributed by atoms with E-state index < -0.39 is 0 Å². The zero-order valence-electron chi connectivity index (χ0n) is 15.1. The number of nitrogens with one attached hydrogen (secondary N) is 1. The number of pyridine rings is 1. The van der Waals surface area contributed by atoms with Crippen LogP contribution < -0.4 is 5.43 Å². The molecule has 2 aromatic carbocycles. The van der Waals surface area contributed by atoms with Gasteiger partial charge in [0.1, 0.15) is 5.82 Å². The van der Waals surface area contributed by atoms with Crippen molar-refractivity contribution in [2.75, 3.05) is 0 Å². The lowest BCUT2D eigenvalue weighted by Crippen LogP contribution is -2.19. The van der Waals surface area contributed by atoms with Gasteiger partial charge in [-0.2, -0.15) is 5.10 Å². The maximum atomic E-state index is 13.4. The summed E-state index contributed by atoms with van der Waals surface area (Å²) in [5.41, 5.74) is 8.48. The second-order valence-corrected chi connectivity index (χ2v) is 6.71. The Balaban J connectivity index is 1.88. The molecular formula is C22H19FN4. The van der Waals surface area contributed by atoms with E-state index >= 15 is 0 Å². The number of rotatable bonds is 3. The predicted molar refractivity (Wildman–Crippen MR) is 106 cm³/mol. The van der Waals surface area contributed by atoms with E-state index in [1.165, 1.54) is 17.7 Å². The van der Waals surface area contributed by atoms with Gasteiger partial charge in [-0.3, -0.25) is 10.4 Å². The Morgan fingerprint density at radius 2 is 1.63 bits per heavy atom. The summed E-state index contributed by atoms with van der Waals surface area (Å²) in [6.07, 6.45) is 3.44. The van der Waals surface area contributed by atoms with Crippen molar-refractivity contribution in [3.05, 3.63) is 95.1 Å². The highest BCUT2D eigenvalue weighted by molar-refractivity contribution is 6.18. The van der Waals surface area contributed by atoms with Crippen LogP contribution in [0.3, 0.4) is 0 Å². The molecule has 5 heteroatoms. The van der Waals surface area contributed by atoms with Crippen LogP contribution in [0.5, 0.6) is 0 Å². The van der Waals surface area contributed by atoms with Crippen LogP contribution >= 0.6 is 0 Å². The third-order valence-corrected chi connectivity index (χ3v) is 4.52. The molecular weight excluding hydrogens is 339 g/mol. The van der Waals surface area contributed by atoms with Crippen molar-refractivity contribution in [2.24, 2.45) is 10.1 Å². The van der Waals surface area contributed by atoms with E-state index in [1.807, 2.05) is 18.2 Å². The van der Waals surface area contributed by atoms with Gasteiger partial charge >= 0.3 is 0 Å². The number of nitrogens with zero attached hydrogens (tertiary/aromatic N) is 3. The van der Waals surface area contributed by atoms with Gasteiger partial charge in [0.05, 0.1) is 11.4 Å². The Morgan fingerprint density at radius 3 is 2.33 bits per heavy atom. The molecule has 1 aliphatic rings. The van der Waals surface area contributed by atoms with Crippen molar-refractivity contribution in [1.29, 1.82) is 0 Å². The number of fused-ring (bicyclic) bond motifs is 1. The number of hydrogen-bond acceptors (Lipinski definition) is 4. The number of hydrogen-bond donors (Lipinski definition) is 1. The number of halogens is 1. The molecule has 0 saturated heterocycles. The van der Waals surface area contributed by atoms with E-state index in [1.54, 1.807) is 24.5 Å². The zero-order valence-corrected chi connectivity index (χ0v) is 15.1. The molecule has 0 atom stereocenters. The van der Waals surface area contributed by atoms with Crippen LogP contribution in [0, 0.1) is 5.82 Å². The lowest BCUT2D eigenvalue weighted by molar-refractivity contribution is 0.628. The first-order valence-corrected chi connectivity index (χ1v) is 8.85. The molecule has 1 N–H and O–H groups in total. The summed E-state index contributed by atoms with van der Waals surface area (Å²) in [4.78, 5) is 8.85. The fourth-order valence-electron chi connectivity index (χ4n) is 2.98. The molecule has 0 radical (unpaired) electrons. The normalized spacial score (nSPS) is 13.3. The van der Waals surface area contributed by atoms with E-state index in [4.69, 9.17) is 4.99 Å². The van der Waals surface area contributed by atoms with Gasteiger partial charge in [-0.25, -0.2) is 9.38 Å². The molecule has 2 heterocycles. The highest BCUT2D eigenvalue weighted by atomic mass is 19.1. The second kappa shape index (κ2) is 7.11. The van der Waals surface area contributed by atoms with Gasteiger partial charge in [-0.05, 0) is 60.0 Å². The molecule has 27 heavy (non-hydrogen) atoms. The predicted octanol–water partition coefficient (Wildman–Crippen LogP) is 4.78. The third kappa shape index (κ3) is 3.49. The molecule has 134 valence electrons. The first-order chi connectivity index (χ1) is 13.1. The maximum absolute atomic E-state index is 13.4. The molecule has 0 bridgehead atoms. The van der Waals surface area contributed by atoms with Gasteiger partial charge in [0.25, 0.3) is 0 Å². The average molecular weight is 358 g/mol. The largest absolute Gasteiger partial charge is 0.265 e. The minimum atomic E-state index is -0.272. The van der Waals surface area contributed by atoms with Crippen molar-refractivity contribution in [2.45, 2.75) is 19.8 Å². The van der Waals surface area contributed by atoms with E-state index in [9.17, 15) is 4.39 Å². The monoisotopic (exact) mass is 358 g/mol. The van der Waals surface area contributed by atoms with E-state index in [2.05, 4.69) is 41.5 Å². The highest BCUT2D eigenvalue weighted by Gasteiger charge is 2.18. The van der Waals surface area contributed by atoms with Gasteiger partial charge in [0.15, 0.2) is 5.84 Å². The van der Waals surface area contributed by atoms with Gasteiger partial charge in [0, 0.05) is 29.1 Å². The lowest BCUT2D eigenvalue weighted by atomic mass is 9.95. The van der Waals surface area contributed by atoms with Gasteiger partial charge < -0.3 is 0 Å². The Bertz CT molecular complexity index is 1020. The number of aliphatic imine (C=N–C) groups is 1. The summed E-state index contributed by atoms with van der Waals surface area (Å²) in [7, 11) is 0. The Morgan fingerprint density at radius 1 is 0.889 bits per heavy atom. The summed E-state index contributed by atoms with van der Waals surface area (Å²) in [5, 5.41) is 4.62. The number of hydrazone groups is 1. The second-order valence-electron chi connectivity index (χ2n) is 6.71. The molecule has 0 unspecified atom stereocenters. The van der Waals surface area contributed by atoms with Gasteiger partial charge in [-0.15, -0.1) is 0 Å². The van der Waals surface area contributed by atoms with E-state index in [-0.39, 0.29) is 5.82 Å². The minimum Gasteiger partial charge on any atom is -0.265 e. The molecule has 0 spiro atoms. The topological polar surface area (TPSA) is 49.6 Å². The van der Waals surface area contributed by atoms with Crippen LogP contribution in [-0.4, -0.2) is 16.5 Å². The fourth-order valence-corrected chi connectivity index (χ4v) is 2.98. The van der Waals surface area contributed by atoms with Crippen molar-refractivity contribution in [3.8, 4) is 0 Å². The number of amidine groups is 1. The smallest absolute Gasteiger partial charge is 0.154 e. The van der Waals surface area contributed by atoms with Crippen LogP contribution in [0.1, 0.15) is 42.0 Å². The molecule has 0 fully saturated rings. The Labute approximate surface area is 157 Å². The molecule has 1 aromatic heterocycles. The average Bonchev–Trinajstić information content (AvgIpc) is 2.88. The molecule has 0 saturated carbocycles. The van der Waals surface area contributed by atoms with E-state index in [0.717, 1.165) is 28.1 Å². The first kappa shape index (κ1) is 17.1. The first-order valence-electron chi connectivity index (χ1n) is 8.85. The SMILES string of the molecule is CC(C)c1ccc2c(c1)C(c1ccc(F)cc1)=NNC(c1ccncc1)=N2. The quantitative estimate of drug-likeness (QED) is 0.733. The molecule has 1 aliphatic heterocycles.